The van der Waals surface area contributed by atoms with Gasteiger partial charge in [-0.15, -0.1) is 0 Å². The molecule has 1 atom stereocenters. The second kappa shape index (κ2) is 4.53. The Bertz CT molecular complexity index is 79.0. The van der Waals surface area contributed by atoms with E-state index in [1.807, 2.05) is 13.8 Å². The topological polar surface area (TPSA) is 18.5 Å². The van der Waals surface area contributed by atoms with Gasteiger partial charge in [-0.05, 0) is 19.9 Å². The zero-order chi connectivity index (χ0) is 7.28. The lowest BCUT2D eigenvalue weighted by atomic mass is 10.5. The zero-order valence-electron chi connectivity index (χ0n) is 6.26. The van der Waals surface area contributed by atoms with E-state index in [0.29, 0.717) is 0 Å². The average molecular weight is 130 g/mol. The quantitative estimate of drug-likeness (QED) is 0.425. The van der Waals surface area contributed by atoms with Gasteiger partial charge in [0.25, 0.3) is 0 Å². The molecule has 0 heterocycles. The molecule has 0 aliphatic carbocycles. The van der Waals surface area contributed by atoms with E-state index in [1.54, 1.807) is 13.2 Å². The second-order valence-corrected chi connectivity index (χ2v) is 2.02. The third-order valence-corrected chi connectivity index (χ3v) is 0.831. The highest BCUT2D eigenvalue weighted by Gasteiger charge is 2.02. The fraction of sp³-hybridized carbons (Fsp3) is 0.714. The summed E-state index contributed by atoms with van der Waals surface area (Å²) in [6.07, 6.45) is 1.55. The Balaban J connectivity index is 3.42. The lowest BCUT2D eigenvalue weighted by Crippen LogP contribution is -2.16. The number of hydrogen-bond donors (Lipinski definition) is 0. The van der Waals surface area contributed by atoms with Crippen LogP contribution < -0.4 is 0 Å². The maximum Gasteiger partial charge on any atom is 0.176 e. The van der Waals surface area contributed by atoms with Crippen molar-refractivity contribution in [1.29, 1.82) is 0 Å². The highest BCUT2D eigenvalue weighted by molar-refractivity contribution is 4.71. The molecule has 0 fully saturated rings. The molecule has 54 valence electrons. The van der Waals surface area contributed by atoms with E-state index in [0.717, 1.165) is 0 Å². The van der Waals surface area contributed by atoms with Gasteiger partial charge < -0.3 is 9.47 Å². The van der Waals surface area contributed by atoms with Crippen molar-refractivity contribution in [2.45, 2.75) is 26.2 Å². The highest BCUT2D eigenvalue weighted by Crippen LogP contribution is 1.98. The van der Waals surface area contributed by atoms with Crippen LogP contribution in [-0.4, -0.2) is 19.5 Å². The van der Waals surface area contributed by atoms with Gasteiger partial charge in [0, 0.05) is 7.11 Å². The summed E-state index contributed by atoms with van der Waals surface area (Å²) in [6, 6.07) is 0. The summed E-state index contributed by atoms with van der Waals surface area (Å²) in [5, 5.41) is 0. The van der Waals surface area contributed by atoms with Crippen LogP contribution in [0.2, 0.25) is 0 Å². The third-order valence-electron chi connectivity index (χ3n) is 0.831. The molecule has 9 heavy (non-hydrogen) atoms. The summed E-state index contributed by atoms with van der Waals surface area (Å²) in [5.74, 6) is 0. The molecule has 0 aliphatic rings. The number of methoxy groups -OCH3 is 1. The van der Waals surface area contributed by atoms with Gasteiger partial charge in [-0.2, -0.15) is 0 Å². The monoisotopic (exact) mass is 130 g/mol. The van der Waals surface area contributed by atoms with E-state index < -0.39 is 0 Å². The molecule has 0 spiro atoms. The van der Waals surface area contributed by atoms with Crippen molar-refractivity contribution < 1.29 is 9.47 Å². The first-order chi connectivity index (χ1) is 4.20. The fourth-order valence-corrected chi connectivity index (χ4v) is 0.476. The molecule has 0 saturated carbocycles. The molecule has 2 heteroatoms. The smallest absolute Gasteiger partial charge is 0.176 e. The Morgan fingerprint density at radius 1 is 1.44 bits per heavy atom. The van der Waals surface area contributed by atoms with E-state index in [1.165, 1.54) is 0 Å². The minimum atomic E-state index is -0.259. The van der Waals surface area contributed by atoms with E-state index >= 15 is 0 Å². The predicted octanol–water partition coefficient (Wildman–Crippen LogP) is 1.57. The van der Waals surface area contributed by atoms with Gasteiger partial charge in [0.2, 0.25) is 0 Å². The number of rotatable bonds is 4. The second-order valence-electron chi connectivity index (χ2n) is 2.02. The van der Waals surface area contributed by atoms with Crippen molar-refractivity contribution in [3.63, 3.8) is 0 Å². The van der Waals surface area contributed by atoms with Gasteiger partial charge in [-0.3, -0.25) is 0 Å². The summed E-state index contributed by atoms with van der Waals surface area (Å²) in [7, 11) is 1.59. The summed E-state index contributed by atoms with van der Waals surface area (Å²) < 4.78 is 10.1. The van der Waals surface area contributed by atoms with Crippen LogP contribution in [0.1, 0.15) is 13.8 Å². The minimum absolute atomic E-state index is 0.188. The van der Waals surface area contributed by atoms with Gasteiger partial charge in [-0.25, -0.2) is 0 Å². The molecule has 0 aromatic carbocycles. The van der Waals surface area contributed by atoms with Crippen molar-refractivity contribution in [2.75, 3.05) is 7.11 Å². The van der Waals surface area contributed by atoms with Crippen molar-refractivity contribution in [1.82, 2.24) is 0 Å². The Morgan fingerprint density at radius 2 is 2.00 bits per heavy atom. The molecular weight excluding hydrogens is 116 g/mol. The number of hydrogen-bond acceptors (Lipinski definition) is 2. The molecule has 0 aromatic rings. The van der Waals surface area contributed by atoms with Crippen molar-refractivity contribution in [2.24, 2.45) is 0 Å². The first-order valence-electron chi connectivity index (χ1n) is 3.01. The van der Waals surface area contributed by atoms with Crippen LogP contribution in [0.5, 0.6) is 0 Å². The molecule has 0 amide bonds. The van der Waals surface area contributed by atoms with Crippen LogP contribution in [0.4, 0.5) is 0 Å². The van der Waals surface area contributed by atoms with E-state index in [2.05, 4.69) is 6.58 Å². The maximum absolute atomic E-state index is 5.21. The standard InChI is InChI=1S/C7H14O2/c1-5-7(8-4)9-6(2)3/h5-7H,1H2,2-4H3. The first-order valence-corrected chi connectivity index (χ1v) is 3.01. The Hall–Kier alpha value is -0.340. The Kier molecular flexibility index (Phi) is 4.36. The lowest BCUT2D eigenvalue weighted by Gasteiger charge is -2.14. The Labute approximate surface area is 56.5 Å². The molecule has 1 unspecified atom stereocenters. The molecule has 0 aliphatic heterocycles. The predicted molar refractivity (Wildman–Crippen MR) is 37.2 cm³/mol. The third kappa shape index (κ3) is 4.18. The first kappa shape index (κ1) is 8.66. The van der Waals surface area contributed by atoms with Crippen LogP contribution in [0, 0.1) is 0 Å². The van der Waals surface area contributed by atoms with E-state index in [-0.39, 0.29) is 12.4 Å². The lowest BCUT2D eigenvalue weighted by molar-refractivity contribution is -0.115. The molecule has 0 bridgehead atoms. The maximum atomic E-state index is 5.21. The molecule has 0 rings (SSSR count). The summed E-state index contributed by atoms with van der Waals surface area (Å²) in [5.41, 5.74) is 0. The molecule has 0 saturated heterocycles. The van der Waals surface area contributed by atoms with Crippen LogP contribution in [0.3, 0.4) is 0 Å². The summed E-state index contributed by atoms with van der Waals surface area (Å²) >= 11 is 0. The molecule has 0 radical (unpaired) electrons. The van der Waals surface area contributed by atoms with Gasteiger partial charge >= 0.3 is 0 Å². The van der Waals surface area contributed by atoms with Gasteiger partial charge in [0.15, 0.2) is 6.29 Å². The van der Waals surface area contributed by atoms with Crippen molar-refractivity contribution >= 4 is 0 Å². The van der Waals surface area contributed by atoms with Crippen LogP contribution in [-0.2, 0) is 9.47 Å². The average Bonchev–Trinajstić information content (AvgIpc) is 1.82. The number of ether oxygens (including phenoxy) is 2. The van der Waals surface area contributed by atoms with Gasteiger partial charge in [-0.1, -0.05) is 6.58 Å². The summed E-state index contributed by atoms with van der Waals surface area (Å²) in [6.45, 7) is 7.44. The van der Waals surface area contributed by atoms with Gasteiger partial charge in [0.05, 0.1) is 6.10 Å². The highest BCUT2D eigenvalue weighted by atomic mass is 16.7. The normalized spacial score (nSPS) is 13.8. The van der Waals surface area contributed by atoms with Crippen molar-refractivity contribution in [3.8, 4) is 0 Å². The Morgan fingerprint density at radius 3 is 2.11 bits per heavy atom. The molecular formula is C7H14O2. The molecule has 0 N–H and O–H groups in total. The van der Waals surface area contributed by atoms with Gasteiger partial charge in [0.1, 0.15) is 0 Å². The largest absolute Gasteiger partial charge is 0.352 e. The SMILES string of the molecule is C=CC(OC)OC(C)C. The molecule has 2 nitrogen and oxygen atoms in total. The fourth-order valence-electron chi connectivity index (χ4n) is 0.476. The van der Waals surface area contributed by atoms with Crippen molar-refractivity contribution in [3.05, 3.63) is 12.7 Å². The van der Waals surface area contributed by atoms with E-state index in [9.17, 15) is 0 Å². The van der Waals surface area contributed by atoms with Crippen LogP contribution in [0.15, 0.2) is 12.7 Å². The zero-order valence-corrected chi connectivity index (χ0v) is 6.26. The van der Waals surface area contributed by atoms with Crippen LogP contribution >= 0.6 is 0 Å². The van der Waals surface area contributed by atoms with Crippen LogP contribution in [0.25, 0.3) is 0 Å². The molecule has 0 aromatic heterocycles. The summed E-state index contributed by atoms with van der Waals surface area (Å²) in [4.78, 5) is 0. The van der Waals surface area contributed by atoms with E-state index in [4.69, 9.17) is 9.47 Å². The minimum Gasteiger partial charge on any atom is -0.352 e.